The highest BCUT2D eigenvalue weighted by molar-refractivity contribution is 5.93. The molecule has 2 heterocycles. The van der Waals surface area contributed by atoms with Crippen LogP contribution in [0.5, 0.6) is 11.5 Å². The summed E-state index contributed by atoms with van der Waals surface area (Å²) >= 11 is 0. The zero-order chi connectivity index (χ0) is 38.6. The fourth-order valence-electron chi connectivity index (χ4n) is 9.03. The summed E-state index contributed by atoms with van der Waals surface area (Å²) in [5.74, 6) is 2.35. The minimum absolute atomic E-state index is 0.633. The smallest absolute Gasteiger partial charge is 0.160 e. The number of hydrogen-bond donors (Lipinski definition) is 0. The number of nitrogens with zero attached hydrogens (tertiary/aromatic N) is 3. The first-order valence-electron chi connectivity index (χ1n) is 19.5. The van der Waals surface area contributed by atoms with Crippen LogP contribution in [0, 0.1) is 11.3 Å². The molecule has 1 spiro atoms. The molecule has 0 N–H and O–H groups in total. The molecular weight excluding hydrogens is 707 g/mol. The summed E-state index contributed by atoms with van der Waals surface area (Å²) < 4.78 is 6.52. The normalized spacial score (nSPS) is 12.7. The molecule has 58 heavy (non-hydrogen) atoms. The first-order valence-corrected chi connectivity index (χ1v) is 19.5. The quantitative estimate of drug-likeness (QED) is 0.176. The highest BCUT2D eigenvalue weighted by Gasteiger charge is 2.51. The van der Waals surface area contributed by atoms with Gasteiger partial charge in [-0.25, -0.2) is 9.97 Å². The lowest BCUT2D eigenvalue weighted by atomic mass is 9.66. The van der Waals surface area contributed by atoms with Crippen LogP contribution >= 0.6 is 0 Å². The Morgan fingerprint density at radius 2 is 0.897 bits per heavy atom. The number of nitriles is 1. The molecule has 1 aliphatic heterocycles. The van der Waals surface area contributed by atoms with Crippen molar-refractivity contribution in [1.29, 1.82) is 5.26 Å². The van der Waals surface area contributed by atoms with Gasteiger partial charge in [0, 0.05) is 33.4 Å². The molecule has 0 atom stereocenters. The zero-order valence-corrected chi connectivity index (χ0v) is 31.3. The topological polar surface area (TPSA) is 58.8 Å². The first-order chi connectivity index (χ1) is 28.7. The molecule has 1 aliphatic carbocycles. The van der Waals surface area contributed by atoms with Crippen molar-refractivity contribution in [3.63, 3.8) is 0 Å². The van der Waals surface area contributed by atoms with Crippen LogP contribution in [0.25, 0.3) is 67.3 Å². The monoisotopic (exact) mass is 739 g/mol. The van der Waals surface area contributed by atoms with Crippen molar-refractivity contribution < 1.29 is 4.74 Å². The predicted molar refractivity (Wildman–Crippen MR) is 231 cm³/mol. The van der Waals surface area contributed by atoms with E-state index in [-0.39, 0.29) is 0 Å². The Hall–Kier alpha value is -7.87. The lowest BCUT2D eigenvalue weighted by Gasteiger charge is -2.39. The third-order valence-corrected chi connectivity index (χ3v) is 11.6. The number of benzene rings is 8. The van der Waals surface area contributed by atoms with Gasteiger partial charge in [-0.2, -0.15) is 5.26 Å². The van der Waals surface area contributed by atoms with Gasteiger partial charge in [0.1, 0.15) is 11.5 Å². The second-order valence-corrected chi connectivity index (χ2v) is 14.8. The molecule has 1 aromatic heterocycles. The van der Waals surface area contributed by atoms with Gasteiger partial charge < -0.3 is 4.74 Å². The standard InChI is InChI=1S/C54H33N3O/c55-34-42-22-13-25-47-52(42)43-32-40(28-29-44(43)54(47)45-23-7-9-26-50(45)58-51-27-10-8-24-46(51)54)38-19-11-18-37(30-38)39-20-12-21-41(31-39)49-33-48(35-14-3-1-4-15-35)56-53(57-49)36-16-5-2-6-17-36/h1-33H. The molecule has 0 saturated heterocycles. The highest BCUT2D eigenvalue weighted by Crippen LogP contribution is 2.62. The number of hydrogen-bond acceptors (Lipinski definition) is 4. The Labute approximate surface area is 337 Å². The van der Waals surface area contributed by atoms with Crippen LogP contribution in [-0.2, 0) is 5.41 Å². The number of ether oxygens (including phenoxy) is 1. The lowest BCUT2D eigenvalue weighted by molar-refractivity contribution is 0.436. The van der Waals surface area contributed by atoms with Crippen molar-refractivity contribution in [2.75, 3.05) is 0 Å². The van der Waals surface area contributed by atoms with E-state index in [1.54, 1.807) is 0 Å². The Balaban J connectivity index is 1.03. The van der Waals surface area contributed by atoms with Gasteiger partial charge >= 0.3 is 0 Å². The first kappa shape index (κ1) is 33.5. The van der Waals surface area contributed by atoms with Gasteiger partial charge in [0.25, 0.3) is 0 Å². The second kappa shape index (κ2) is 13.4. The fourth-order valence-corrected chi connectivity index (χ4v) is 9.03. The highest BCUT2D eigenvalue weighted by atomic mass is 16.5. The maximum Gasteiger partial charge on any atom is 0.160 e. The number of para-hydroxylation sites is 2. The summed E-state index contributed by atoms with van der Waals surface area (Å²) in [5, 5.41) is 10.5. The third-order valence-electron chi connectivity index (χ3n) is 11.6. The van der Waals surface area contributed by atoms with Gasteiger partial charge in [0.2, 0.25) is 0 Å². The molecule has 8 aromatic carbocycles. The van der Waals surface area contributed by atoms with Crippen molar-refractivity contribution in [3.8, 4) is 84.9 Å². The Morgan fingerprint density at radius 3 is 1.55 bits per heavy atom. The van der Waals surface area contributed by atoms with E-state index in [0.717, 1.165) is 95.2 Å². The van der Waals surface area contributed by atoms with Crippen molar-refractivity contribution in [2.45, 2.75) is 5.41 Å². The van der Waals surface area contributed by atoms with E-state index in [1.807, 2.05) is 72.8 Å². The number of aromatic nitrogens is 2. The van der Waals surface area contributed by atoms with Crippen LogP contribution in [0.4, 0.5) is 0 Å². The molecule has 0 unspecified atom stereocenters. The van der Waals surface area contributed by atoms with E-state index in [0.29, 0.717) is 11.4 Å². The van der Waals surface area contributed by atoms with E-state index in [9.17, 15) is 5.26 Å². The average Bonchev–Trinajstić information content (AvgIpc) is 3.59. The number of fused-ring (bicyclic) bond motifs is 9. The van der Waals surface area contributed by atoms with Gasteiger partial charge in [-0.15, -0.1) is 0 Å². The summed E-state index contributed by atoms with van der Waals surface area (Å²) in [6.07, 6.45) is 0. The molecule has 0 radical (unpaired) electrons. The summed E-state index contributed by atoms with van der Waals surface area (Å²) in [4.78, 5) is 10.1. The molecule has 0 bridgehead atoms. The van der Waals surface area contributed by atoms with Gasteiger partial charge in [-0.1, -0.05) is 158 Å². The minimum atomic E-state index is -0.633. The summed E-state index contributed by atoms with van der Waals surface area (Å²) in [6.45, 7) is 0. The van der Waals surface area contributed by atoms with Crippen molar-refractivity contribution in [2.24, 2.45) is 0 Å². The Morgan fingerprint density at radius 1 is 0.397 bits per heavy atom. The van der Waals surface area contributed by atoms with Crippen molar-refractivity contribution in [3.05, 3.63) is 228 Å². The molecule has 11 rings (SSSR count). The summed E-state index contributed by atoms with van der Waals surface area (Å²) in [7, 11) is 0. The molecule has 270 valence electrons. The summed E-state index contributed by atoms with van der Waals surface area (Å²) in [5.41, 5.74) is 15.6. The predicted octanol–water partition coefficient (Wildman–Crippen LogP) is 13.2. The maximum absolute atomic E-state index is 10.5. The minimum Gasteiger partial charge on any atom is -0.457 e. The Bertz CT molecular complexity index is 3010. The Kier molecular flexibility index (Phi) is 7.74. The van der Waals surface area contributed by atoms with Crippen molar-refractivity contribution in [1.82, 2.24) is 9.97 Å². The van der Waals surface area contributed by atoms with Crippen LogP contribution < -0.4 is 4.74 Å². The van der Waals surface area contributed by atoms with Crippen LogP contribution in [0.1, 0.15) is 27.8 Å². The molecule has 4 nitrogen and oxygen atoms in total. The van der Waals surface area contributed by atoms with Gasteiger partial charge in [-0.3, -0.25) is 0 Å². The molecule has 9 aromatic rings. The average molecular weight is 740 g/mol. The van der Waals surface area contributed by atoms with E-state index >= 15 is 0 Å². The fraction of sp³-hybridized carbons (Fsp3) is 0.0185. The summed E-state index contributed by atoms with van der Waals surface area (Å²) in [6, 6.07) is 71.8. The van der Waals surface area contributed by atoms with Gasteiger partial charge in [0.15, 0.2) is 5.82 Å². The SMILES string of the molecule is N#Cc1cccc2c1-c1cc(-c3cccc(-c4cccc(-c5cc(-c6ccccc6)nc(-c6ccccc6)n5)c4)c3)ccc1C21c2ccccc2Oc2ccccc21. The molecule has 0 fully saturated rings. The molecule has 0 saturated carbocycles. The molecule has 2 aliphatic rings. The van der Waals surface area contributed by atoms with Crippen LogP contribution in [0.15, 0.2) is 200 Å². The van der Waals surface area contributed by atoms with Crippen LogP contribution in [-0.4, -0.2) is 9.97 Å². The van der Waals surface area contributed by atoms with E-state index in [4.69, 9.17) is 14.7 Å². The van der Waals surface area contributed by atoms with E-state index in [2.05, 4.69) is 133 Å². The maximum atomic E-state index is 10.5. The largest absolute Gasteiger partial charge is 0.457 e. The zero-order valence-electron chi connectivity index (χ0n) is 31.3. The number of rotatable bonds is 5. The molecular formula is C54H33N3O. The third kappa shape index (κ3) is 5.22. The molecule has 0 amide bonds. The van der Waals surface area contributed by atoms with Gasteiger partial charge in [-0.05, 0) is 81.4 Å². The van der Waals surface area contributed by atoms with Crippen molar-refractivity contribution >= 4 is 0 Å². The van der Waals surface area contributed by atoms with Crippen LogP contribution in [0.3, 0.4) is 0 Å². The van der Waals surface area contributed by atoms with Gasteiger partial charge in [0.05, 0.1) is 28.4 Å². The van der Waals surface area contributed by atoms with Crippen LogP contribution in [0.2, 0.25) is 0 Å². The molecule has 4 heteroatoms. The second-order valence-electron chi connectivity index (χ2n) is 14.8. The van der Waals surface area contributed by atoms with E-state index in [1.165, 1.54) is 0 Å². The van der Waals surface area contributed by atoms with E-state index < -0.39 is 5.41 Å². The lowest BCUT2D eigenvalue weighted by Crippen LogP contribution is -2.32.